The summed E-state index contributed by atoms with van der Waals surface area (Å²) in [6.45, 7) is 5.31. The minimum atomic E-state index is -0.0394. The second-order valence-corrected chi connectivity index (χ2v) is 1.76. The molecule has 0 aliphatic carbocycles. The maximum Gasteiger partial charge on any atom is 0.217 e. The zero-order valence-electron chi connectivity index (χ0n) is 5.13. The minimum absolute atomic E-state index is 0.0394. The second-order valence-electron chi connectivity index (χ2n) is 1.76. The number of aryl methyl sites for hydroxylation is 1. The van der Waals surface area contributed by atoms with E-state index < -0.39 is 0 Å². The molecule has 0 aliphatic rings. The van der Waals surface area contributed by atoms with Gasteiger partial charge in [0.15, 0.2) is 0 Å². The van der Waals surface area contributed by atoms with Crippen molar-refractivity contribution in [1.82, 2.24) is 9.97 Å². The molecule has 1 heterocycles. The van der Waals surface area contributed by atoms with Gasteiger partial charge in [-0.05, 0) is 13.8 Å². The van der Waals surface area contributed by atoms with E-state index in [0.717, 1.165) is 0 Å². The van der Waals surface area contributed by atoms with E-state index in [1.807, 2.05) is 0 Å². The summed E-state index contributed by atoms with van der Waals surface area (Å²) in [4.78, 5) is 7.33. The van der Waals surface area contributed by atoms with Crippen molar-refractivity contribution in [2.75, 3.05) is 0 Å². The lowest BCUT2D eigenvalue weighted by molar-refractivity contribution is 0.448. The van der Waals surface area contributed by atoms with Crippen LogP contribution in [0.15, 0.2) is 6.33 Å². The van der Waals surface area contributed by atoms with Gasteiger partial charge in [0, 0.05) is 11.3 Å². The fourth-order valence-corrected chi connectivity index (χ4v) is 0.488. The molecule has 0 unspecified atom stereocenters. The average molecular weight is 123 g/mol. The number of rotatable bonds is 0. The first-order valence-corrected chi connectivity index (χ1v) is 2.54. The Balaban J connectivity index is 3.25. The van der Waals surface area contributed by atoms with Crippen molar-refractivity contribution in [2.24, 2.45) is 0 Å². The number of hydrogen-bond acceptors (Lipinski definition) is 3. The molecule has 0 aliphatic heterocycles. The highest BCUT2D eigenvalue weighted by atomic mass is 16.3. The molecule has 47 valence electrons. The summed E-state index contributed by atoms with van der Waals surface area (Å²) in [5, 5.41) is 8.89. The third kappa shape index (κ3) is 0.988. The van der Waals surface area contributed by atoms with Crippen molar-refractivity contribution in [2.45, 2.75) is 6.92 Å². The SMILES string of the molecule is [CH2]c1c(C)ncnc1O. The molecule has 0 bridgehead atoms. The topological polar surface area (TPSA) is 46.0 Å². The van der Waals surface area contributed by atoms with Crippen molar-refractivity contribution in [3.05, 3.63) is 24.5 Å². The van der Waals surface area contributed by atoms with Crippen LogP contribution < -0.4 is 0 Å². The zero-order chi connectivity index (χ0) is 6.85. The highest BCUT2D eigenvalue weighted by molar-refractivity contribution is 5.29. The summed E-state index contributed by atoms with van der Waals surface area (Å²) in [5.41, 5.74) is 1.21. The summed E-state index contributed by atoms with van der Waals surface area (Å²) < 4.78 is 0. The van der Waals surface area contributed by atoms with Gasteiger partial charge in [-0.1, -0.05) is 0 Å². The third-order valence-electron chi connectivity index (χ3n) is 1.14. The minimum Gasteiger partial charge on any atom is -0.493 e. The van der Waals surface area contributed by atoms with Crippen molar-refractivity contribution >= 4 is 0 Å². The number of aromatic nitrogens is 2. The molecule has 9 heavy (non-hydrogen) atoms. The maximum absolute atomic E-state index is 8.89. The third-order valence-corrected chi connectivity index (χ3v) is 1.14. The van der Waals surface area contributed by atoms with Gasteiger partial charge in [-0.3, -0.25) is 0 Å². The molecule has 0 saturated heterocycles. The van der Waals surface area contributed by atoms with Gasteiger partial charge >= 0.3 is 0 Å². The van der Waals surface area contributed by atoms with Gasteiger partial charge in [0.25, 0.3) is 0 Å². The molecule has 1 N–H and O–H groups in total. The summed E-state index contributed by atoms with van der Waals surface area (Å²) >= 11 is 0. The largest absolute Gasteiger partial charge is 0.493 e. The molecule has 1 aromatic rings. The first-order valence-electron chi connectivity index (χ1n) is 2.54. The standard InChI is InChI=1S/C6H7N2O/c1-4-5(2)7-3-8-6(4)9/h3H,1H2,2H3,(H,7,8,9). The molecule has 0 spiro atoms. The van der Waals surface area contributed by atoms with E-state index in [4.69, 9.17) is 5.11 Å². The Kier molecular flexibility index (Phi) is 1.34. The van der Waals surface area contributed by atoms with E-state index in [9.17, 15) is 0 Å². The summed E-state index contributed by atoms with van der Waals surface area (Å²) in [5.74, 6) is -0.0394. The lowest BCUT2D eigenvalue weighted by Gasteiger charge is -1.96. The van der Waals surface area contributed by atoms with Crippen LogP contribution in [0, 0.1) is 13.8 Å². The average Bonchev–Trinajstić information content (AvgIpc) is 1.83. The summed E-state index contributed by atoms with van der Waals surface area (Å²) in [7, 11) is 0. The highest BCUT2D eigenvalue weighted by Gasteiger charge is 1.98. The normalized spacial score (nSPS) is 9.56. The Hall–Kier alpha value is -1.12. The van der Waals surface area contributed by atoms with Crippen LogP contribution in [0.3, 0.4) is 0 Å². The molecule has 3 heteroatoms. The van der Waals surface area contributed by atoms with Crippen LogP contribution in [-0.2, 0) is 0 Å². The van der Waals surface area contributed by atoms with E-state index in [2.05, 4.69) is 16.9 Å². The Bertz CT molecular complexity index is 202. The Labute approximate surface area is 53.4 Å². The van der Waals surface area contributed by atoms with Gasteiger partial charge in [0.1, 0.15) is 6.33 Å². The second kappa shape index (κ2) is 2.01. The molecular weight excluding hydrogens is 116 g/mol. The number of aromatic hydroxyl groups is 1. The molecule has 0 saturated carbocycles. The van der Waals surface area contributed by atoms with Crippen molar-refractivity contribution < 1.29 is 5.11 Å². The molecule has 0 atom stereocenters. The fourth-order valence-electron chi connectivity index (χ4n) is 0.488. The van der Waals surface area contributed by atoms with Crippen LogP contribution in [0.5, 0.6) is 5.88 Å². The monoisotopic (exact) mass is 123 g/mol. The Morgan fingerprint density at radius 1 is 1.56 bits per heavy atom. The first kappa shape index (κ1) is 6.01. The van der Waals surface area contributed by atoms with E-state index in [1.165, 1.54) is 6.33 Å². The van der Waals surface area contributed by atoms with Gasteiger partial charge < -0.3 is 5.11 Å². The van der Waals surface area contributed by atoms with Crippen molar-refractivity contribution in [3.63, 3.8) is 0 Å². The fraction of sp³-hybridized carbons (Fsp3) is 0.167. The lowest BCUT2D eigenvalue weighted by atomic mass is 10.3. The van der Waals surface area contributed by atoms with Gasteiger partial charge in [-0.15, -0.1) is 0 Å². The summed E-state index contributed by atoms with van der Waals surface area (Å²) in [6.07, 6.45) is 1.30. The smallest absolute Gasteiger partial charge is 0.217 e. The molecular formula is C6H7N2O. The van der Waals surface area contributed by atoms with E-state index in [1.54, 1.807) is 6.92 Å². The van der Waals surface area contributed by atoms with E-state index in [0.29, 0.717) is 11.3 Å². The first-order chi connectivity index (χ1) is 4.22. The summed E-state index contributed by atoms with van der Waals surface area (Å²) in [6, 6.07) is 0. The molecule has 1 aromatic heterocycles. The van der Waals surface area contributed by atoms with Crippen LogP contribution in [0.2, 0.25) is 0 Å². The molecule has 0 amide bonds. The zero-order valence-corrected chi connectivity index (χ0v) is 5.13. The highest BCUT2D eigenvalue weighted by Crippen LogP contribution is 2.11. The number of nitrogens with zero attached hydrogens (tertiary/aromatic N) is 2. The maximum atomic E-state index is 8.89. The molecule has 1 rings (SSSR count). The molecule has 1 radical (unpaired) electrons. The van der Waals surface area contributed by atoms with Crippen LogP contribution in [0.4, 0.5) is 0 Å². The van der Waals surface area contributed by atoms with Crippen LogP contribution in [0.1, 0.15) is 11.3 Å². The quantitative estimate of drug-likeness (QED) is 0.551. The Morgan fingerprint density at radius 2 is 2.22 bits per heavy atom. The van der Waals surface area contributed by atoms with Crippen molar-refractivity contribution in [3.8, 4) is 5.88 Å². The van der Waals surface area contributed by atoms with Gasteiger partial charge in [0.2, 0.25) is 5.88 Å². The van der Waals surface area contributed by atoms with Gasteiger partial charge in [-0.2, -0.15) is 0 Å². The molecule has 0 aromatic carbocycles. The Morgan fingerprint density at radius 3 is 2.67 bits per heavy atom. The van der Waals surface area contributed by atoms with Gasteiger partial charge in [-0.25, -0.2) is 9.97 Å². The van der Waals surface area contributed by atoms with Crippen LogP contribution >= 0.6 is 0 Å². The van der Waals surface area contributed by atoms with E-state index >= 15 is 0 Å². The van der Waals surface area contributed by atoms with E-state index in [-0.39, 0.29) is 5.88 Å². The predicted octanol–water partition coefficient (Wildman–Crippen LogP) is 0.673. The molecule has 3 nitrogen and oxygen atoms in total. The van der Waals surface area contributed by atoms with Gasteiger partial charge in [0.05, 0.1) is 0 Å². The lowest BCUT2D eigenvalue weighted by Crippen LogP contribution is -1.88. The van der Waals surface area contributed by atoms with Crippen LogP contribution in [0.25, 0.3) is 0 Å². The predicted molar refractivity (Wildman–Crippen MR) is 32.9 cm³/mol. The van der Waals surface area contributed by atoms with Crippen molar-refractivity contribution in [1.29, 1.82) is 0 Å². The van der Waals surface area contributed by atoms with Crippen LogP contribution in [-0.4, -0.2) is 15.1 Å². The number of hydrogen-bond donors (Lipinski definition) is 1. The molecule has 0 fully saturated rings.